The topological polar surface area (TPSA) is 159 Å². The van der Waals surface area contributed by atoms with Crippen molar-refractivity contribution < 1.29 is 27.7 Å². The Labute approximate surface area is 164 Å². The molecule has 0 aliphatic heterocycles. The van der Waals surface area contributed by atoms with Crippen LogP contribution < -0.4 is 10.5 Å². The van der Waals surface area contributed by atoms with Crippen LogP contribution in [0.25, 0.3) is 0 Å². The van der Waals surface area contributed by atoms with E-state index < -0.39 is 44.2 Å². The summed E-state index contributed by atoms with van der Waals surface area (Å²) < 4.78 is 27.4. The number of nitrogens with zero attached hydrogens (tertiary/aromatic N) is 1. The van der Waals surface area contributed by atoms with Crippen molar-refractivity contribution in [3.63, 3.8) is 0 Å². The number of benzene rings is 2. The Hall–Kier alpha value is -3.02. The Bertz CT molecular complexity index is 1040. The molecule has 3 N–H and O–H groups in total. The average Bonchev–Trinajstić information content (AvgIpc) is 2.60. The Morgan fingerprint density at radius 2 is 1.82 bits per heavy atom. The molecular formula is C16H14ClN3O7S. The van der Waals surface area contributed by atoms with E-state index in [4.69, 9.17) is 21.5 Å². The fourth-order valence-electron chi connectivity index (χ4n) is 2.08. The molecule has 0 aliphatic carbocycles. The zero-order chi connectivity index (χ0) is 21.1. The van der Waals surface area contributed by atoms with Gasteiger partial charge in [-0.3, -0.25) is 14.9 Å². The van der Waals surface area contributed by atoms with Gasteiger partial charge in [-0.25, -0.2) is 18.4 Å². The molecule has 0 aromatic heterocycles. The third-order valence-corrected chi connectivity index (χ3v) is 4.64. The number of nitro benzene ring substituents is 1. The van der Waals surface area contributed by atoms with Crippen LogP contribution in [-0.4, -0.2) is 31.3 Å². The summed E-state index contributed by atoms with van der Waals surface area (Å²) >= 11 is 5.76. The molecule has 0 saturated carbocycles. The maximum atomic E-state index is 12.2. The summed E-state index contributed by atoms with van der Waals surface area (Å²) in [5.41, 5.74) is -0.677. The minimum absolute atomic E-state index is 0.0876. The summed E-state index contributed by atoms with van der Waals surface area (Å²) in [6.45, 7) is 1.27. The molecule has 2 aromatic carbocycles. The van der Waals surface area contributed by atoms with Crippen LogP contribution in [0.2, 0.25) is 5.02 Å². The standard InChI is InChI=1S/C16H14ClN3O7S/c1-9(15(21)19-11-3-5-12(6-4-11)28(18,25)26)27-16(22)13-8-10(17)2-7-14(13)20(23)24/h2-9H,1H3,(H,19,21)(H2,18,25,26)/t9-/m1/s1. The monoisotopic (exact) mass is 427 g/mol. The van der Waals surface area contributed by atoms with E-state index in [0.29, 0.717) is 0 Å². The van der Waals surface area contributed by atoms with Crippen molar-refractivity contribution in [1.82, 2.24) is 0 Å². The lowest BCUT2D eigenvalue weighted by Crippen LogP contribution is -2.30. The minimum Gasteiger partial charge on any atom is -0.449 e. The van der Waals surface area contributed by atoms with Gasteiger partial charge in [0.15, 0.2) is 6.10 Å². The largest absolute Gasteiger partial charge is 0.449 e. The fraction of sp³-hybridized carbons (Fsp3) is 0.125. The summed E-state index contributed by atoms with van der Waals surface area (Å²) in [7, 11) is -3.87. The number of nitrogens with two attached hydrogens (primary N) is 1. The number of carbonyl (C=O) groups excluding carboxylic acids is 2. The third-order valence-electron chi connectivity index (χ3n) is 3.48. The van der Waals surface area contributed by atoms with E-state index >= 15 is 0 Å². The van der Waals surface area contributed by atoms with E-state index in [-0.39, 0.29) is 15.6 Å². The number of esters is 1. The van der Waals surface area contributed by atoms with Crippen LogP contribution in [0.4, 0.5) is 11.4 Å². The van der Waals surface area contributed by atoms with E-state index in [0.717, 1.165) is 12.1 Å². The second-order valence-electron chi connectivity index (χ2n) is 5.52. The zero-order valence-electron chi connectivity index (χ0n) is 14.3. The van der Waals surface area contributed by atoms with Gasteiger partial charge in [0.25, 0.3) is 11.6 Å². The molecule has 1 atom stereocenters. The van der Waals surface area contributed by atoms with Crippen molar-refractivity contribution in [2.24, 2.45) is 5.14 Å². The molecule has 148 valence electrons. The number of hydrogen-bond donors (Lipinski definition) is 2. The highest BCUT2D eigenvalue weighted by molar-refractivity contribution is 7.89. The second kappa shape index (κ2) is 8.33. The Balaban J connectivity index is 2.09. The molecule has 0 fully saturated rings. The quantitative estimate of drug-likeness (QED) is 0.405. The normalized spacial score (nSPS) is 12.1. The number of primary sulfonamides is 1. The molecule has 10 nitrogen and oxygen atoms in total. The van der Waals surface area contributed by atoms with Crippen molar-refractivity contribution in [3.05, 3.63) is 63.2 Å². The first-order chi connectivity index (χ1) is 13.0. The van der Waals surface area contributed by atoms with Gasteiger partial charge in [0, 0.05) is 16.8 Å². The molecule has 28 heavy (non-hydrogen) atoms. The van der Waals surface area contributed by atoms with Crippen molar-refractivity contribution in [1.29, 1.82) is 0 Å². The highest BCUT2D eigenvalue weighted by Crippen LogP contribution is 2.24. The first-order valence-electron chi connectivity index (χ1n) is 7.57. The number of halogens is 1. The highest BCUT2D eigenvalue weighted by atomic mass is 35.5. The summed E-state index contributed by atoms with van der Waals surface area (Å²) in [6.07, 6.45) is -1.30. The molecule has 1 amide bonds. The maximum absolute atomic E-state index is 12.2. The molecule has 2 rings (SSSR count). The van der Waals surface area contributed by atoms with Crippen molar-refractivity contribution in [2.45, 2.75) is 17.9 Å². The Morgan fingerprint density at radius 1 is 1.21 bits per heavy atom. The van der Waals surface area contributed by atoms with Gasteiger partial charge in [-0.05, 0) is 43.3 Å². The van der Waals surface area contributed by atoms with E-state index in [1.807, 2.05) is 0 Å². The summed E-state index contributed by atoms with van der Waals surface area (Å²) in [6, 6.07) is 8.35. The number of anilines is 1. The highest BCUT2D eigenvalue weighted by Gasteiger charge is 2.26. The molecule has 0 bridgehead atoms. The van der Waals surface area contributed by atoms with Crippen LogP contribution in [0.15, 0.2) is 47.4 Å². The van der Waals surface area contributed by atoms with Gasteiger partial charge in [0.05, 0.1) is 9.82 Å². The lowest BCUT2D eigenvalue weighted by molar-refractivity contribution is -0.385. The average molecular weight is 428 g/mol. The predicted molar refractivity (Wildman–Crippen MR) is 99.4 cm³/mol. The number of hydrogen-bond acceptors (Lipinski definition) is 7. The zero-order valence-corrected chi connectivity index (χ0v) is 15.9. The molecule has 0 heterocycles. The lowest BCUT2D eigenvalue weighted by atomic mass is 10.2. The van der Waals surface area contributed by atoms with E-state index in [9.17, 15) is 28.1 Å². The number of sulfonamides is 1. The molecule has 12 heteroatoms. The smallest absolute Gasteiger partial charge is 0.345 e. The first-order valence-corrected chi connectivity index (χ1v) is 9.50. The number of rotatable bonds is 6. The number of nitro groups is 1. The van der Waals surface area contributed by atoms with Gasteiger partial charge in [-0.1, -0.05) is 11.6 Å². The lowest BCUT2D eigenvalue weighted by Gasteiger charge is -2.14. The van der Waals surface area contributed by atoms with Crippen LogP contribution in [0.5, 0.6) is 0 Å². The molecule has 0 unspecified atom stereocenters. The van der Waals surface area contributed by atoms with Gasteiger partial charge in [-0.15, -0.1) is 0 Å². The number of ether oxygens (including phenoxy) is 1. The van der Waals surface area contributed by atoms with Crippen LogP contribution in [0.3, 0.4) is 0 Å². The molecule has 0 radical (unpaired) electrons. The molecular weight excluding hydrogens is 414 g/mol. The number of nitrogens with one attached hydrogen (secondary N) is 1. The molecule has 2 aromatic rings. The minimum atomic E-state index is -3.87. The van der Waals surface area contributed by atoms with Gasteiger partial charge >= 0.3 is 5.97 Å². The predicted octanol–water partition coefficient (Wildman–Crippen LogP) is 2.08. The Morgan fingerprint density at radius 3 is 2.36 bits per heavy atom. The van der Waals surface area contributed by atoms with Gasteiger partial charge in [-0.2, -0.15) is 0 Å². The summed E-state index contributed by atoms with van der Waals surface area (Å²) in [5.74, 6) is -1.83. The van der Waals surface area contributed by atoms with Crippen LogP contribution in [0, 0.1) is 10.1 Å². The maximum Gasteiger partial charge on any atom is 0.345 e. The van der Waals surface area contributed by atoms with Gasteiger partial charge in [0.2, 0.25) is 10.0 Å². The fourth-order valence-corrected chi connectivity index (χ4v) is 2.77. The first kappa shape index (κ1) is 21.3. The van der Waals surface area contributed by atoms with Gasteiger partial charge in [0.1, 0.15) is 5.56 Å². The van der Waals surface area contributed by atoms with E-state index in [1.165, 1.54) is 37.3 Å². The molecule has 0 spiro atoms. The van der Waals surface area contributed by atoms with Crippen molar-refractivity contribution in [2.75, 3.05) is 5.32 Å². The van der Waals surface area contributed by atoms with Crippen LogP contribution in [0.1, 0.15) is 17.3 Å². The van der Waals surface area contributed by atoms with Gasteiger partial charge < -0.3 is 10.1 Å². The molecule has 0 aliphatic rings. The van der Waals surface area contributed by atoms with Crippen LogP contribution >= 0.6 is 11.6 Å². The van der Waals surface area contributed by atoms with Crippen LogP contribution in [-0.2, 0) is 19.6 Å². The number of amides is 1. The summed E-state index contributed by atoms with van der Waals surface area (Å²) in [5, 5.41) is 18.5. The Kier molecular flexibility index (Phi) is 6.33. The summed E-state index contributed by atoms with van der Waals surface area (Å²) in [4.78, 5) is 34.5. The van der Waals surface area contributed by atoms with Crippen molar-refractivity contribution >= 4 is 44.9 Å². The van der Waals surface area contributed by atoms with E-state index in [1.54, 1.807) is 0 Å². The van der Waals surface area contributed by atoms with Crippen molar-refractivity contribution in [3.8, 4) is 0 Å². The van der Waals surface area contributed by atoms with E-state index in [2.05, 4.69) is 5.32 Å². The third kappa shape index (κ3) is 5.25. The second-order valence-corrected chi connectivity index (χ2v) is 7.52. The SMILES string of the molecule is C[C@@H](OC(=O)c1cc(Cl)ccc1[N+](=O)[O-])C(=O)Nc1ccc(S(N)(=O)=O)cc1. The molecule has 0 saturated heterocycles. The number of carbonyl (C=O) groups is 2.